The number of hydrogen-bond donors (Lipinski definition) is 1. The van der Waals surface area contributed by atoms with Crippen molar-refractivity contribution in [1.29, 1.82) is 0 Å². The lowest BCUT2D eigenvalue weighted by atomic mass is 10.1. The van der Waals surface area contributed by atoms with E-state index < -0.39 is 0 Å². The third-order valence-electron chi connectivity index (χ3n) is 2.91. The molecule has 0 spiro atoms. The van der Waals surface area contributed by atoms with Gasteiger partial charge in [0.25, 0.3) is 0 Å². The molecule has 0 amide bonds. The van der Waals surface area contributed by atoms with Crippen LogP contribution in [0.5, 0.6) is 11.5 Å². The lowest BCUT2D eigenvalue weighted by molar-refractivity contribution is 0.154. The molecule has 0 aromatic heterocycles. The largest absolute Gasteiger partial charge is 0.493 e. The molecule has 3 nitrogen and oxygen atoms in total. The van der Waals surface area contributed by atoms with Gasteiger partial charge in [-0.15, -0.1) is 0 Å². The van der Waals surface area contributed by atoms with Gasteiger partial charge in [-0.25, -0.2) is 4.39 Å². The summed E-state index contributed by atoms with van der Waals surface area (Å²) in [6.45, 7) is 3.60. The normalized spacial score (nSPS) is 20.1. The minimum Gasteiger partial charge on any atom is -0.493 e. The number of nitrogens with one attached hydrogen (secondary N) is 1. The molecule has 1 N–H and O–H groups in total. The van der Waals surface area contributed by atoms with Crippen molar-refractivity contribution in [3.05, 3.63) is 23.5 Å². The predicted octanol–water partition coefficient (Wildman–Crippen LogP) is 2.27. The zero-order valence-electron chi connectivity index (χ0n) is 10.3. The van der Waals surface area contributed by atoms with E-state index in [1.807, 2.05) is 6.92 Å². The summed E-state index contributed by atoms with van der Waals surface area (Å²) in [5.41, 5.74) is 0.827. The Morgan fingerprint density at radius 3 is 2.88 bits per heavy atom. The van der Waals surface area contributed by atoms with Crippen molar-refractivity contribution in [3.63, 3.8) is 0 Å². The van der Waals surface area contributed by atoms with Crippen molar-refractivity contribution in [1.82, 2.24) is 5.32 Å². The van der Waals surface area contributed by atoms with Crippen LogP contribution < -0.4 is 14.8 Å². The molecule has 0 saturated carbocycles. The average molecular weight is 239 g/mol. The topological polar surface area (TPSA) is 30.5 Å². The van der Waals surface area contributed by atoms with Crippen LogP contribution in [0.15, 0.2) is 12.1 Å². The predicted molar refractivity (Wildman–Crippen MR) is 64.2 cm³/mol. The minimum atomic E-state index is -0.354. The molecular weight excluding hydrogens is 221 g/mol. The smallest absolute Gasteiger partial charge is 0.197 e. The van der Waals surface area contributed by atoms with Crippen molar-refractivity contribution >= 4 is 0 Å². The summed E-state index contributed by atoms with van der Waals surface area (Å²) in [6.07, 6.45) is 2.03. The first-order valence-corrected chi connectivity index (χ1v) is 5.92. The third-order valence-corrected chi connectivity index (χ3v) is 2.91. The van der Waals surface area contributed by atoms with E-state index in [1.54, 1.807) is 6.07 Å². The highest BCUT2D eigenvalue weighted by atomic mass is 19.1. The molecule has 94 valence electrons. The van der Waals surface area contributed by atoms with Gasteiger partial charge in [0.1, 0.15) is 6.10 Å². The maximum atomic E-state index is 13.8. The molecule has 17 heavy (non-hydrogen) atoms. The number of aryl methyl sites for hydroxylation is 1. The molecule has 4 heteroatoms. The molecule has 1 aromatic carbocycles. The lowest BCUT2D eigenvalue weighted by Gasteiger charge is -2.25. The van der Waals surface area contributed by atoms with E-state index in [2.05, 4.69) is 5.32 Å². The van der Waals surface area contributed by atoms with Crippen LogP contribution in [0.4, 0.5) is 4.39 Å². The van der Waals surface area contributed by atoms with Gasteiger partial charge in [-0.2, -0.15) is 0 Å². The molecule has 0 aliphatic carbocycles. The van der Waals surface area contributed by atoms with Gasteiger partial charge in [0.05, 0.1) is 7.11 Å². The van der Waals surface area contributed by atoms with Crippen molar-refractivity contribution in [2.24, 2.45) is 0 Å². The van der Waals surface area contributed by atoms with E-state index in [-0.39, 0.29) is 17.7 Å². The quantitative estimate of drug-likeness (QED) is 0.877. The van der Waals surface area contributed by atoms with Crippen LogP contribution in [0, 0.1) is 12.7 Å². The molecule has 1 unspecified atom stereocenters. The standard InChI is InChI=1S/C13H18FNO2/c1-9-6-11(14)13(12(7-9)16-2)17-10-4-3-5-15-8-10/h6-7,10,15H,3-5,8H2,1-2H3. The summed E-state index contributed by atoms with van der Waals surface area (Å²) in [4.78, 5) is 0. The number of rotatable bonds is 3. The summed E-state index contributed by atoms with van der Waals surface area (Å²) in [7, 11) is 1.53. The molecule has 1 heterocycles. The number of hydrogen-bond acceptors (Lipinski definition) is 3. The van der Waals surface area contributed by atoms with Crippen LogP contribution in [0.25, 0.3) is 0 Å². The SMILES string of the molecule is COc1cc(C)cc(F)c1OC1CCCNC1. The van der Waals surface area contributed by atoms with Gasteiger partial charge in [-0.1, -0.05) is 0 Å². The maximum Gasteiger partial charge on any atom is 0.197 e. The van der Waals surface area contributed by atoms with Crippen molar-refractivity contribution < 1.29 is 13.9 Å². The zero-order valence-corrected chi connectivity index (χ0v) is 10.3. The molecule has 1 aromatic rings. The fraction of sp³-hybridized carbons (Fsp3) is 0.538. The van der Waals surface area contributed by atoms with Gasteiger partial charge in [-0.3, -0.25) is 0 Å². The Labute approximate surface area is 101 Å². The number of ether oxygens (including phenoxy) is 2. The first-order valence-electron chi connectivity index (χ1n) is 5.92. The molecule has 0 radical (unpaired) electrons. The molecule has 1 fully saturated rings. The van der Waals surface area contributed by atoms with Crippen molar-refractivity contribution in [3.8, 4) is 11.5 Å². The summed E-state index contributed by atoms with van der Waals surface area (Å²) in [5, 5.41) is 3.24. The molecular formula is C13H18FNO2. The number of methoxy groups -OCH3 is 1. The van der Waals surface area contributed by atoms with Crippen LogP contribution in [0.1, 0.15) is 18.4 Å². The van der Waals surface area contributed by atoms with Gasteiger partial charge in [0, 0.05) is 6.54 Å². The second-order valence-corrected chi connectivity index (χ2v) is 4.36. The first-order chi connectivity index (χ1) is 8.20. The highest BCUT2D eigenvalue weighted by Crippen LogP contribution is 2.32. The Morgan fingerprint density at radius 2 is 2.24 bits per heavy atom. The van der Waals surface area contributed by atoms with Crippen LogP contribution in [0.2, 0.25) is 0 Å². The van der Waals surface area contributed by atoms with Crippen LogP contribution in [-0.4, -0.2) is 26.3 Å². The zero-order chi connectivity index (χ0) is 12.3. The van der Waals surface area contributed by atoms with Gasteiger partial charge in [0.2, 0.25) is 0 Å². The van der Waals surface area contributed by atoms with E-state index in [9.17, 15) is 4.39 Å². The monoisotopic (exact) mass is 239 g/mol. The lowest BCUT2D eigenvalue weighted by Crippen LogP contribution is -2.37. The van der Waals surface area contributed by atoms with E-state index in [4.69, 9.17) is 9.47 Å². The van der Waals surface area contributed by atoms with Crippen LogP contribution >= 0.6 is 0 Å². The molecule has 0 bridgehead atoms. The van der Waals surface area contributed by atoms with Gasteiger partial charge < -0.3 is 14.8 Å². The molecule has 1 saturated heterocycles. The third kappa shape index (κ3) is 2.88. The fourth-order valence-corrected chi connectivity index (χ4v) is 2.05. The summed E-state index contributed by atoms with van der Waals surface area (Å²) in [6, 6.07) is 3.25. The number of piperidine rings is 1. The molecule has 2 rings (SSSR count). The van der Waals surface area contributed by atoms with Gasteiger partial charge in [0.15, 0.2) is 17.3 Å². The van der Waals surface area contributed by atoms with Gasteiger partial charge in [-0.05, 0) is 44.0 Å². The Morgan fingerprint density at radius 1 is 1.41 bits per heavy atom. The highest BCUT2D eigenvalue weighted by molar-refractivity contribution is 5.44. The summed E-state index contributed by atoms with van der Waals surface area (Å²) >= 11 is 0. The second kappa shape index (κ2) is 5.36. The highest BCUT2D eigenvalue weighted by Gasteiger charge is 2.19. The van der Waals surface area contributed by atoms with Crippen molar-refractivity contribution in [2.45, 2.75) is 25.9 Å². The van der Waals surface area contributed by atoms with E-state index in [0.29, 0.717) is 5.75 Å². The van der Waals surface area contributed by atoms with E-state index >= 15 is 0 Å². The minimum absolute atomic E-state index is 0.0230. The molecule has 1 atom stereocenters. The maximum absolute atomic E-state index is 13.8. The van der Waals surface area contributed by atoms with Crippen LogP contribution in [0.3, 0.4) is 0 Å². The van der Waals surface area contributed by atoms with Crippen LogP contribution in [-0.2, 0) is 0 Å². The Kier molecular flexibility index (Phi) is 3.84. The Balaban J connectivity index is 2.18. The molecule has 1 aliphatic rings. The Hall–Kier alpha value is -1.29. The van der Waals surface area contributed by atoms with E-state index in [1.165, 1.54) is 13.2 Å². The fourth-order valence-electron chi connectivity index (χ4n) is 2.05. The summed E-state index contributed by atoms with van der Waals surface area (Å²) in [5.74, 6) is 0.340. The molecule has 1 aliphatic heterocycles. The second-order valence-electron chi connectivity index (χ2n) is 4.36. The number of benzene rings is 1. The number of halogens is 1. The summed E-state index contributed by atoms with van der Waals surface area (Å²) < 4.78 is 24.7. The van der Waals surface area contributed by atoms with Crippen molar-refractivity contribution in [2.75, 3.05) is 20.2 Å². The Bertz CT molecular complexity index is 389. The average Bonchev–Trinajstić information content (AvgIpc) is 2.33. The van der Waals surface area contributed by atoms with E-state index in [0.717, 1.165) is 31.5 Å². The first kappa shape index (κ1) is 12.2. The van der Waals surface area contributed by atoms with Gasteiger partial charge >= 0.3 is 0 Å².